The smallest absolute Gasteiger partial charge is 0.0409 e. The van der Waals surface area contributed by atoms with Crippen LogP contribution in [-0.4, -0.2) is 19.1 Å². The van der Waals surface area contributed by atoms with Crippen molar-refractivity contribution in [3.05, 3.63) is 29.8 Å². The van der Waals surface area contributed by atoms with Gasteiger partial charge in [0.2, 0.25) is 0 Å². The molecule has 2 heteroatoms. The Labute approximate surface area is 130 Å². The average Bonchev–Trinajstić information content (AvgIpc) is 2.46. The summed E-state index contributed by atoms with van der Waals surface area (Å²) in [4.78, 5) is 2.47. The normalized spacial score (nSPS) is 17.0. The van der Waals surface area contributed by atoms with Crippen molar-refractivity contribution in [1.29, 1.82) is 0 Å². The second kappa shape index (κ2) is 7.31. The lowest BCUT2D eigenvalue weighted by molar-refractivity contribution is 0.362. The van der Waals surface area contributed by atoms with Gasteiger partial charge in [0.1, 0.15) is 0 Å². The maximum atomic E-state index is 3.61. The van der Waals surface area contributed by atoms with Crippen LogP contribution >= 0.6 is 0 Å². The fraction of sp³-hybridized carbons (Fsp3) is 0.684. The molecule has 0 aliphatic heterocycles. The molecule has 0 atom stereocenters. The molecule has 118 valence electrons. The molecule has 1 aliphatic carbocycles. The number of hydrogen-bond acceptors (Lipinski definition) is 2. The highest BCUT2D eigenvalue weighted by atomic mass is 15.1. The summed E-state index contributed by atoms with van der Waals surface area (Å²) in [6.45, 7) is 8.81. The van der Waals surface area contributed by atoms with Gasteiger partial charge in [-0.25, -0.2) is 0 Å². The Balaban J connectivity index is 2.00. The van der Waals surface area contributed by atoms with Crippen molar-refractivity contribution >= 4 is 5.69 Å². The summed E-state index contributed by atoms with van der Waals surface area (Å²) in [5, 5.41) is 3.61. The molecule has 0 aromatic heterocycles. The van der Waals surface area contributed by atoms with Crippen LogP contribution in [0.3, 0.4) is 0 Å². The van der Waals surface area contributed by atoms with E-state index in [1.54, 1.807) is 0 Å². The zero-order valence-corrected chi connectivity index (χ0v) is 14.3. The fourth-order valence-electron chi connectivity index (χ4n) is 3.25. The monoisotopic (exact) mass is 288 g/mol. The van der Waals surface area contributed by atoms with Crippen LogP contribution in [-0.2, 0) is 6.54 Å². The Morgan fingerprint density at radius 3 is 2.43 bits per heavy atom. The maximum absolute atomic E-state index is 3.61. The lowest BCUT2D eigenvalue weighted by Crippen LogP contribution is -2.36. The van der Waals surface area contributed by atoms with Crippen LogP contribution in [0.15, 0.2) is 24.3 Å². The molecule has 0 amide bonds. The van der Waals surface area contributed by atoms with E-state index in [9.17, 15) is 0 Å². The first-order valence-corrected chi connectivity index (χ1v) is 8.50. The van der Waals surface area contributed by atoms with Crippen molar-refractivity contribution in [2.45, 2.75) is 65.0 Å². The van der Waals surface area contributed by atoms with Gasteiger partial charge in [0.25, 0.3) is 0 Å². The largest absolute Gasteiger partial charge is 0.374 e. The van der Waals surface area contributed by atoms with Crippen LogP contribution in [0.2, 0.25) is 0 Å². The van der Waals surface area contributed by atoms with E-state index >= 15 is 0 Å². The summed E-state index contributed by atoms with van der Waals surface area (Å²) in [6, 6.07) is 8.83. The third-order valence-corrected chi connectivity index (χ3v) is 4.47. The molecule has 1 aliphatic rings. The molecule has 0 heterocycles. The molecule has 2 rings (SSSR count). The van der Waals surface area contributed by atoms with Gasteiger partial charge < -0.3 is 10.2 Å². The summed E-state index contributed by atoms with van der Waals surface area (Å²) in [5.41, 5.74) is 2.96. The van der Waals surface area contributed by atoms with Gasteiger partial charge in [-0.15, -0.1) is 0 Å². The number of rotatable bonds is 5. The Hall–Kier alpha value is -1.02. The zero-order chi connectivity index (χ0) is 15.3. The molecule has 0 unspecified atom stereocenters. The first-order chi connectivity index (χ1) is 9.96. The van der Waals surface area contributed by atoms with E-state index in [2.05, 4.69) is 62.3 Å². The van der Waals surface area contributed by atoms with Crippen LogP contribution in [0.25, 0.3) is 0 Å². The van der Waals surface area contributed by atoms with E-state index < -0.39 is 0 Å². The van der Waals surface area contributed by atoms with Crippen LogP contribution in [0.5, 0.6) is 0 Å². The highest BCUT2D eigenvalue weighted by molar-refractivity contribution is 5.53. The highest BCUT2D eigenvalue weighted by Crippen LogP contribution is 2.27. The van der Waals surface area contributed by atoms with Crippen molar-refractivity contribution in [2.75, 3.05) is 18.5 Å². The number of anilines is 1. The lowest BCUT2D eigenvalue weighted by Gasteiger charge is -2.30. The standard InChI is InChI=1S/C19H32N2/c1-19(2,3)20-14-17-12-8-9-13-18(17)21(4)15-16-10-6-5-7-11-16/h8-9,12-13,16,20H,5-7,10-11,14-15H2,1-4H3. The number of para-hydroxylation sites is 1. The third kappa shape index (κ3) is 5.35. The minimum Gasteiger partial charge on any atom is -0.374 e. The van der Waals surface area contributed by atoms with E-state index in [0.29, 0.717) is 0 Å². The van der Waals surface area contributed by atoms with E-state index in [4.69, 9.17) is 0 Å². The first-order valence-electron chi connectivity index (χ1n) is 8.50. The Kier molecular flexibility index (Phi) is 5.69. The average molecular weight is 288 g/mol. The molecular formula is C19H32N2. The molecular weight excluding hydrogens is 256 g/mol. The highest BCUT2D eigenvalue weighted by Gasteiger charge is 2.17. The summed E-state index contributed by atoms with van der Waals surface area (Å²) in [5.74, 6) is 0.882. The molecule has 1 N–H and O–H groups in total. The second-order valence-corrected chi connectivity index (χ2v) is 7.62. The maximum Gasteiger partial charge on any atom is 0.0409 e. The van der Waals surface area contributed by atoms with Crippen LogP contribution in [0.1, 0.15) is 58.4 Å². The van der Waals surface area contributed by atoms with Gasteiger partial charge >= 0.3 is 0 Å². The van der Waals surface area contributed by atoms with Crippen LogP contribution < -0.4 is 10.2 Å². The van der Waals surface area contributed by atoms with Crippen LogP contribution in [0, 0.1) is 5.92 Å². The van der Waals surface area contributed by atoms with Gasteiger partial charge in [0.05, 0.1) is 0 Å². The number of nitrogens with one attached hydrogen (secondary N) is 1. The molecule has 1 saturated carbocycles. The predicted molar refractivity (Wildman–Crippen MR) is 92.9 cm³/mol. The van der Waals surface area contributed by atoms with Crippen molar-refractivity contribution in [3.63, 3.8) is 0 Å². The summed E-state index contributed by atoms with van der Waals surface area (Å²) in [7, 11) is 2.25. The minimum atomic E-state index is 0.162. The quantitative estimate of drug-likeness (QED) is 0.852. The topological polar surface area (TPSA) is 15.3 Å². The summed E-state index contributed by atoms with van der Waals surface area (Å²) in [6.07, 6.45) is 7.10. The number of nitrogens with zero attached hydrogens (tertiary/aromatic N) is 1. The molecule has 1 aromatic carbocycles. The molecule has 0 radical (unpaired) electrons. The molecule has 0 saturated heterocycles. The Morgan fingerprint density at radius 1 is 1.10 bits per heavy atom. The van der Waals surface area contributed by atoms with Gasteiger partial charge in [-0.1, -0.05) is 37.5 Å². The van der Waals surface area contributed by atoms with Crippen molar-refractivity contribution in [2.24, 2.45) is 5.92 Å². The molecule has 0 bridgehead atoms. The van der Waals surface area contributed by atoms with Gasteiger partial charge in [-0.3, -0.25) is 0 Å². The fourth-order valence-corrected chi connectivity index (χ4v) is 3.25. The number of benzene rings is 1. The predicted octanol–water partition coefficient (Wildman–Crippen LogP) is 4.59. The Morgan fingerprint density at radius 2 is 1.76 bits per heavy atom. The van der Waals surface area contributed by atoms with E-state index in [1.807, 2.05) is 0 Å². The molecule has 21 heavy (non-hydrogen) atoms. The van der Waals surface area contributed by atoms with Crippen molar-refractivity contribution in [1.82, 2.24) is 5.32 Å². The molecule has 1 fully saturated rings. The SMILES string of the molecule is CN(CC1CCCCC1)c1ccccc1CNC(C)(C)C. The minimum absolute atomic E-state index is 0.162. The van der Waals surface area contributed by atoms with Gasteiger partial charge in [0.15, 0.2) is 0 Å². The Bertz CT molecular complexity index is 427. The van der Waals surface area contributed by atoms with E-state index in [1.165, 1.54) is 49.9 Å². The second-order valence-electron chi connectivity index (χ2n) is 7.62. The van der Waals surface area contributed by atoms with Crippen LogP contribution in [0.4, 0.5) is 5.69 Å². The first kappa shape index (κ1) is 16.4. The van der Waals surface area contributed by atoms with Crippen molar-refractivity contribution < 1.29 is 0 Å². The van der Waals surface area contributed by atoms with E-state index in [-0.39, 0.29) is 5.54 Å². The zero-order valence-electron chi connectivity index (χ0n) is 14.3. The summed E-state index contributed by atoms with van der Waals surface area (Å²) >= 11 is 0. The lowest BCUT2D eigenvalue weighted by atomic mass is 9.89. The van der Waals surface area contributed by atoms with Gasteiger partial charge in [-0.05, 0) is 51.2 Å². The third-order valence-electron chi connectivity index (χ3n) is 4.47. The van der Waals surface area contributed by atoms with Gasteiger partial charge in [0, 0.05) is 31.4 Å². The van der Waals surface area contributed by atoms with Gasteiger partial charge in [-0.2, -0.15) is 0 Å². The molecule has 0 spiro atoms. The molecule has 1 aromatic rings. The molecule has 2 nitrogen and oxygen atoms in total. The number of hydrogen-bond donors (Lipinski definition) is 1. The summed E-state index contributed by atoms with van der Waals surface area (Å²) < 4.78 is 0. The van der Waals surface area contributed by atoms with E-state index in [0.717, 1.165) is 12.5 Å². The van der Waals surface area contributed by atoms with Crippen molar-refractivity contribution in [3.8, 4) is 0 Å².